The molecule has 0 aliphatic carbocycles. The van der Waals surface area contributed by atoms with E-state index in [9.17, 15) is 18.0 Å². The lowest BCUT2D eigenvalue weighted by molar-refractivity contribution is -0.153. The predicted molar refractivity (Wildman–Crippen MR) is 79.9 cm³/mol. The Morgan fingerprint density at radius 1 is 1.30 bits per heavy atom. The molecule has 2 N–H and O–H groups in total. The van der Waals surface area contributed by atoms with Gasteiger partial charge in [0.05, 0.1) is 0 Å². The number of rotatable bonds is 6. The van der Waals surface area contributed by atoms with Gasteiger partial charge in [0.25, 0.3) is 0 Å². The number of ether oxygens (including phenoxy) is 1. The maximum absolute atomic E-state index is 12.4. The molecule has 1 amide bonds. The van der Waals surface area contributed by atoms with E-state index in [4.69, 9.17) is 10.5 Å². The predicted octanol–water partition coefficient (Wildman–Crippen LogP) is 2.86. The van der Waals surface area contributed by atoms with Crippen LogP contribution in [0.5, 0.6) is 5.75 Å². The number of primary amides is 1. The molecule has 0 spiro atoms. The highest BCUT2D eigenvalue weighted by atomic mass is 19.4. The van der Waals surface area contributed by atoms with Crippen molar-refractivity contribution in [1.29, 1.82) is 0 Å². The molecule has 0 saturated carbocycles. The maximum Gasteiger partial charge on any atom is 0.422 e. The Morgan fingerprint density at radius 3 is 2.74 bits per heavy atom. The molecule has 0 bridgehead atoms. The number of nitrogens with zero attached hydrogens (tertiary/aromatic N) is 1. The summed E-state index contributed by atoms with van der Waals surface area (Å²) in [6.45, 7) is -0.0632. The van der Waals surface area contributed by atoms with Crippen molar-refractivity contribution in [3.63, 3.8) is 0 Å². The standard InChI is InChI=1S/C16H21F3N2O2/c17-16(18,19)11-23-14-7-2-1-5-12(14)10-21-8-4-3-6-13(21)9-15(20)22/h1-2,5,7,13H,3-4,6,8-11H2,(H2,20,22)/t13-/m0/s1. The molecular weight excluding hydrogens is 309 g/mol. The Hall–Kier alpha value is -1.76. The van der Waals surface area contributed by atoms with Gasteiger partial charge in [-0.1, -0.05) is 24.6 Å². The van der Waals surface area contributed by atoms with Gasteiger partial charge in [-0.15, -0.1) is 0 Å². The van der Waals surface area contributed by atoms with Crippen LogP contribution in [0.1, 0.15) is 31.2 Å². The van der Waals surface area contributed by atoms with Crippen molar-refractivity contribution in [1.82, 2.24) is 4.90 Å². The molecule has 1 atom stereocenters. The first-order chi connectivity index (χ1) is 10.8. The monoisotopic (exact) mass is 330 g/mol. The number of carbonyl (C=O) groups is 1. The second-order valence-electron chi connectivity index (χ2n) is 5.80. The fourth-order valence-corrected chi connectivity index (χ4v) is 2.89. The van der Waals surface area contributed by atoms with Crippen LogP contribution >= 0.6 is 0 Å². The summed E-state index contributed by atoms with van der Waals surface area (Å²) in [5.41, 5.74) is 5.98. The van der Waals surface area contributed by atoms with E-state index in [0.29, 0.717) is 12.1 Å². The minimum absolute atomic E-state index is 0.0388. The molecule has 1 saturated heterocycles. The van der Waals surface area contributed by atoms with E-state index in [0.717, 1.165) is 25.8 Å². The Labute approximate surface area is 133 Å². The maximum atomic E-state index is 12.4. The average Bonchev–Trinajstić information content (AvgIpc) is 2.47. The van der Waals surface area contributed by atoms with E-state index in [2.05, 4.69) is 4.90 Å². The summed E-state index contributed by atoms with van der Waals surface area (Å²) in [4.78, 5) is 13.3. The molecular formula is C16H21F3N2O2. The summed E-state index contributed by atoms with van der Waals surface area (Å²) in [6.07, 6.45) is -1.20. The van der Waals surface area contributed by atoms with Crippen LogP contribution in [0.4, 0.5) is 13.2 Å². The Balaban J connectivity index is 2.07. The van der Waals surface area contributed by atoms with Gasteiger partial charge in [-0.05, 0) is 25.5 Å². The highest BCUT2D eigenvalue weighted by Gasteiger charge is 2.29. The lowest BCUT2D eigenvalue weighted by Gasteiger charge is -2.35. The van der Waals surface area contributed by atoms with Crippen molar-refractivity contribution in [3.05, 3.63) is 29.8 Å². The molecule has 23 heavy (non-hydrogen) atoms. The molecule has 1 aliphatic heterocycles. The first-order valence-electron chi connectivity index (χ1n) is 7.65. The van der Waals surface area contributed by atoms with Crippen molar-refractivity contribution >= 4 is 5.91 Å². The van der Waals surface area contributed by atoms with E-state index in [1.54, 1.807) is 18.2 Å². The molecule has 7 heteroatoms. The van der Waals surface area contributed by atoms with Gasteiger partial charge in [0.2, 0.25) is 5.91 Å². The van der Waals surface area contributed by atoms with Crippen LogP contribution in [0.15, 0.2) is 24.3 Å². The van der Waals surface area contributed by atoms with Crippen LogP contribution in [-0.4, -0.2) is 36.2 Å². The normalized spacial score (nSPS) is 19.5. The number of nitrogens with two attached hydrogens (primary N) is 1. The van der Waals surface area contributed by atoms with Gasteiger partial charge in [0, 0.05) is 24.6 Å². The minimum Gasteiger partial charge on any atom is -0.484 e. The van der Waals surface area contributed by atoms with E-state index in [1.165, 1.54) is 6.07 Å². The summed E-state index contributed by atoms with van der Waals surface area (Å²) in [6, 6.07) is 6.74. The molecule has 1 heterocycles. The molecule has 2 rings (SSSR count). The second kappa shape index (κ2) is 7.68. The zero-order valence-electron chi connectivity index (χ0n) is 12.8. The lowest BCUT2D eigenvalue weighted by atomic mass is 9.98. The fourth-order valence-electron chi connectivity index (χ4n) is 2.89. The number of likely N-dealkylation sites (tertiary alicyclic amines) is 1. The van der Waals surface area contributed by atoms with Gasteiger partial charge in [-0.3, -0.25) is 9.69 Å². The first kappa shape index (κ1) is 17.6. The smallest absolute Gasteiger partial charge is 0.422 e. The van der Waals surface area contributed by atoms with Crippen LogP contribution in [0.25, 0.3) is 0 Å². The summed E-state index contributed by atoms with van der Waals surface area (Å²) in [5, 5.41) is 0. The number of amides is 1. The number of alkyl halides is 3. The quantitative estimate of drug-likeness (QED) is 0.872. The van der Waals surface area contributed by atoms with Crippen molar-refractivity contribution < 1.29 is 22.7 Å². The van der Waals surface area contributed by atoms with Crippen LogP contribution < -0.4 is 10.5 Å². The van der Waals surface area contributed by atoms with Gasteiger partial charge < -0.3 is 10.5 Å². The average molecular weight is 330 g/mol. The Kier molecular flexibility index (Phi) is 5.87. The number of carbonyl (C=O) groups excluding carboxylic acids is 1. The number of halogens is 3. The van der Waals surface area contributed by atoms with Crippen molar-refractivity contribution in [2.24, 2.45) is 5.73 Å². The molecule has 0 radical (unpaired) electrons. The van der Waals surface area contributed by atoms with E-state index < -0.39 is 12.8 Å². The topological polar surface area (TPSA) is 55.6 Å². The van der Waals surface area contributed by atoms with Gasteiger partial charge >= 0.3 is 6.18 Å². The largest absolute Gasteiger partial charge is 0.484 e. The molecule has 1 aromatic carbocycles. The first-order valence-corrected chi connectivity index (χ1v) is 7.65. The fraction of sp³-hybridized carbons (Fsp3) is 0.562. The second-order valence-corrected chi connectivity index (χ2v) is 5.80. The zero-order chi connectivity index (χ0) is 16.9. The highest BCUT2D eigenvalue weighted by molar-refractivity contribution is 5.74. The van der Waals surface area contributed by atoms with E-state index >= 15 is 0 Å². The molecule has 128 valence electrons. The van der Waals surface area contributed by atoms with Crippen LogP contribution in [0.3, 0.4) is 0 Å². The molecule has 1 fully saturated rings. The lowest BCUT2D eigenvalue weighted by Crippen LogP contribution is -2.41. The van der Waals surface area contributed by atoms with Gasteiger partial charge in [-0.2, -0.15) is 13.2 Å². The number of hydrogen-bond acceptors (Lipinski definition) is 3. The number of para-hydroxylation sites is 1. The summed E-state index contributed by atoms with van der Waals surface area (Å²) in [7, 11) is 0. The minimum atomic E-state index is -4.37. The molecule has 0 unspecified atom stereocenters. The Bertz CT molecular complexity index is 534. The van der Waals surface area contributed by atoms with Gasteiger partial charge in [0.15, 0.2) is 6.61 Å². The van der Waals surface area contributed by atoms with E-state index in [-0.39, 0.29) is 24.1 Å². The number of piperidine rings is 1. The summed E-state index contributed by atoms with van der Waals surface area (Å²) in [5.74, 6) is -0.128. The Morgan fingerprint density at radius 2 is 2.04 bits per heavy atom. The third-order valence-electron chi connectivity index (χ3n) is 3.92. The van der Waals surface area contributed by atoms with Gasteiger partial charge in [-0.25, -0.2) is 0 Å². The SMILES string of the molecule is NC(=O)C[C@@H]1CCCCN1Cc1ccccc1OCC(F)(F)F. The zero-order valence-corrected chi connectivity index (χ0v) is 12.8. The van der Waals surface area contributed by atoms with Crippen LogP contribution in [0.2, 0.25) is 0 Å². The molecule has 1 aliphatic rings. The summed E-state index contributed by atoms with van der Waals surface area (Å²) >= 11 is 0. The highest BCUT2D eigenvalue weighted by Crippen LogP contribution is 2.27. The molecule has 0 aromatic heterocycles. The van der Waals surface area contributed by atoms with E-state index in [1.807, 2.05) is 0 Å². The molecule has 4 nitrogen and oxygen atoms in total. The third kappa shape index (κ3) is 5.74. The van der Waals surface area contributed by atoms with Gasteiger partial charge in [0.1, 0.15) is 5.75 Å². The number of benzene rings is 1. The number of hydrogen-bond donors (Lipinski definition) is 1. The van der Waals surface area contributed by atoms with Crippen molar-refractivity contribution in [2.75, 3.05) is 13.2 Å². The van der Waals surface area contributed by atoms with Crippen molar-refractivity contribution in [2.45, 2.75) is 44.4 Å². The summed E-state index contributed by atoms with van der Waals surface area (Å²) < 4.78 is 42.0. The van der Waals surface area contributed by atoms with Crippen LogP contribution in [0, 0.1) is 0 Å². The van der Waals surface area contributed by atoms with Crippen LogP contribution in [-0.2, 0) is 11.3 Å². The third-order valence-corrected chi connectivity index (χ3v) is 3.92. The van der Waals surface area contributed by atoms with Crippen molar-refractivity contribution in [3.8, 4) is 5.75 Å². The molecule has 1 aromatic rings.